The normalized spacial score (nSPS) is 15.6. The minimum atomic E-state index is -4.36. The summed E-state index contributed by atoms with van der Waals surface area (Å²) >= 11 is 0. The van der Waals surface area contributed by atoms with Crippen molar-refractivity contribution in [2.75, 3.05) is 6.54 Å². The summed E-state index contributed by atoms with van der Waals surface area (Å²) in [6, 6.07) is 4.51. The minimum Gasteiger partial charge on any atom is -0.328 e. The van der Waals surface area contributed by atoms with E-state index >= 15 is 0 Å². The first-order valence-corrected chi connectivity index (χ1v) is 5.36. The molecule has 5 heteroatoms. The van der Waals surface area contributed by atoms with Crippen molar-refractivity contribution in [3.8, 4) is 0 Å². The molecular formula is C12H15F4N. The van der Waals surface area contributed by atoms with Gasteiger partial charge < -0.3 is 5.73 Å². The van der Waals surface area contributed by atoms with Gasteiger partial charge in [0.15, 0.2) is 0 Å². The van der Waals surface area contributed by atoms with Crippen molar-refractivity contribution in [3.63, 3.8) is 0 Å². The number of hydrogen-bond acceptors (Lipinski definition) is 1. The SMILES string of the molecule is CCC(F)(CN)Cc1ccc(C(F)(F)F)cc1. The molecule has 1 unspecified atom stereocenters. The van der Waals surface area contributed by atoms with Gasteiger partial charge in [0.2, 0.25) is 0 Å². The van der Waals surface area contributed by atoms with Gasteiger partial charge in [-0.1, -0.05) is 19.1 Å². The lowest BCUT2D eigenvalue weighted by Gasteiger charge is -2.21. The Morgan fingerprint density at radius 1 is 1.06 bits per heavy atom. The van der Waals surface area contributed by atoms with E-state index < -0.39 is 17.4 Å². The maximum atomic E-state index is 13.9. The van der Waals surface area contributed by atoms with E-state index in [-0.39, 0.29) is 19.4 Å². The summed E-state index contributed by atoms with van der Waals surface area (Å²) < 4.78 is 50.8. The molecule has 0 radical (unpaired) electrons. The molecule has 1 aromatic carbocycles. The van der Waals surface area contributed by atoms with E-state index in [2.05, 4.69) is 0 Å². The van der Waals surface area contributed by atoms with Gasteiger partial charge in [-0.2, -0.15) is 13.2 Å². The molecule has 1 rings (SSSR count). The van der Waals surface area contributed by atoms with Gasteiger partial charge in [-0.3, -0.25) is 0 Å². The van der Waals surface area contributed by atoms with E-state index in [1.54, 1.807) is 6.92 Å². The quantitative estimate of drug-likeness (QED) is 0.814. The first-order valence-electron chi connectivity index (χ1n) is 5.36. The summed E-state index contributed by atoms with van der Waals surface area (Å²) in [7, 11) is 0. The lowest BCUT2D eigenvalue weighted by Crippen LogP contribution is -2.34. The van der Waals surface area contributed by atoms with E-state index in [0.717, 1.165) is 12.1 Å². The summed E-state index contributed by atoms with van der Waals surface area (Å²) in [4.78, 5) is 0. The van der Waals surface area contributed by atoms with E-state index in [1.807, 2.05) is 0 Å². The van der Waals surface area contributed by atoms with Crippen molar-refractivity contribution in [2.45, 2.75) is 31.6 Å². The van der Waals surface area contributed by atoms with Crippen LogP contribution in [0.15, 0.2) is 24.3 Å². The van der Waals surface area contributed by atoms with Crippen molar-refractivity contribution >= 4 is 0 Å². The average Bonchev–Trinajstić information content (AvgIpc) is 2.28. The van der Waals surface area contributed by atoms with Crippen LogP contribution in [0.1, 0.15) is 24.5 Å². The molecule has 0 aliphatic carbocycles. The van der Waals surface area contributed by atoms with Crippen LogP contribution in [0, 0.1) is 0 Å². The van der Waals surface area contributed by atoms with Crippen LogP contribution in [-0.4, -0.2) is 12.2 Å². The second kappa shape index (κ2) is 5.04. The largest absolute Gasteiger partial charge is 0.416 e. The van der Waals surface area contributed by atoms with Crippen LogP contribution in [0.25, 0.3) is 0 Å². The second-order valence-electron chi connectivity index (χ2n) is 4.08. The van der Waals surface area contributed by atoms with E-state index in [4.69, 9.17) is 5.73 Å². The molecule has 0 aliphatic heterocycles. The summed E-state index contributed by atoms with van der Waals surface area (Å²) in [5.74, 6) is 0. The smallest absolute Gasteiger partial charge is 0.328 e. The Morgan fingerprint density at radius 2 is 1.59 bits per heavy atom. The number of alkyl halides is 4. The predicted molar refractivity (Wildman–Crippen MR) is 58.3 cm³/mol. The molecule has 0 fully saturated rings. The van der Waals surface area contributed by atoms with Crippen LogP contribution in [0.2, 0.25) is 0 Å². The standard InChI is InChI=1S/C12H15F4N/c1-2-11(13,8-17)7-9-3-5-10(6-4-9)12(14,15)16/h3-6H,2,7-8,17H2,1H3. The molecule has 0 spiro atoms. The zero-order chi connectivity index (χ0) is 13.1. The summed E-state index contributed by atoms with van der Waals surface area (Å²) in [6.07, 6.45) is -4.08. The highest BCUT2D eigenvalue weighted by molar-refractivity contribution is 5.25. The number of benzene rings is 1. The van der Waals surface area contributed by atoms with Gasteiger partial charge in [0, 0.05) is 13.0 Å². The molecule has 1 atom stereocenters. The monoisotopic (exact) mass is 249 g/mol. The minimum absolute atomic E-state index is 0.0398. The van der Waals surface area contributed by atoms with Crippen LogP contribution in [0.4, 0.5) is 17.6 Å². The summed E-state index contributed by atoms with van der Waals surface area (Å²) in [6.45, 7) is 1.53. The Morgan fingerprint density at radius 3 is 1.94 bits per heavy atom. The molecule has 2 N–H and O–H groups in total. The maximum Gasteiger partial charge on any atom is 0.416 e. The van der Waals surface area contributed by atoms with Crippen molar-refractivity contribution in [3.05, 3.63) is 35.4 Å². The Hall–Kier alpha value is -1.10. The average molecular weight is 249 g/mol. The van der Waals surface area contributed by atoms with Crippen molar-refractivity contribution in [1.29, 1.82) is 0 Å². The molecule has 0 saturated carbocycles. The highest BCUT2D eigenvalue weighted by atomic mass is 19.4. The highest BCUT2D eigenvalue weighted by Crippen LogP contribution is 2.30. The molecule has 96 valence electrons. The van der Waals surface area contributed by atoms with Gasteiger partial charge in [0.05, 0.1) is 5.56 Å². The van der Waals surface area contributed by atoms with Gasteiger partial charge in [0.25, 0.3) is 0 Å². The topological polar surface area (TPSA) is 26.0 Å². The highest BCUT2D eigenvalue weighted by Gasteiger charge is 2.31. The zero-order valence-electron chi connectivity index (χ0n) is 9.52. The molecule has 0 amide bonds. The fraction of sp³-hybridized carbons (Fsp3) is 0.500. The van der Waals surface area contributed by atoms with E-state index in [1.165, 1.54) is 12.1 Å². The first-order chi connectivity index (χ1) is 7.80. The molecule has 0 saturated heterocycles. The Bertz CT molecular complexity index is 352. The molecule has 1 aromatic rings. The predicted octanol–water partition coefficient (Wildman–Crippen LogP) is 3.32. The van der Waals surface area contributed by atoms with Crippen LogP contribution in [-0.2, 0) is 12.6 Å². The second-order valence-corrected chi connectivity index (χ2v) is 4.08. The van der Waals surface area contributed by atoms with Crippen LogP contribution in [0.3, 0.4) is 0 Å². The van der Waals surface area contributed by atoms with Gasteiger partial charge in [-0.05, 0) is 24.1 Å². The molecule has 0 aromatic heterocycles. The van der Waals surface area contributed by atoms with Crippen LogP contribution >= 0.6 is 0 Å². The fourth-order valence-electron chi connectivity index (χ4n) is 1.52. The van der Waals surface area contributed by atoms with Crippen molar-refractivity contribution in [2.24, 2.45) is 5.73 Å². The molecule has 0 heterocycles. The van der Waals surface area contributed by atoms with Crippen LogP contribution in [0.5, 0.6) is 0 Å². The number of hydrogen-bond donors (Lipinski definition) is 1. The van der Waals surface area contributed by atoms with Gasteiger partial charge >= 0.3 is 6.18 Å². The number of rotatable bonds is 4. The first kappa shape index (κ1) is 14.0. The summed E-state index contributed by atoms with van der Waals surface area (Å²) in [5, 5.41) is 0. The number of nitrogens with two attached hydrogens (primary N) is 1. The lowest BCUT2D eigenvalue weighted by atomic mass is 9.93. The van der Waals surface area contributed by atoms with E-state index in [9.17, 15) is 17.6 Å². The van der Waals surface area contributed by atoms with Gasteiger partial charge in [0.1, 0.15) is 5.67 Å². The number of halogens is 4. The molecule has 0 aliphatic rings. The Labute approximate surface area is 97.6 Å². The lowest BCUT2D eigenvalue weighted by molar-refractivity contribution is -0.137. The molecular weight excluding hydrogens is 234 g/mol. The van der Waals surface area contributed by atoms with Crippen molar-refractivity contribution < 1.29 is 17.6 Å². The third-order valence-corrected chi connectivity index (χ3v) is 2.80. The third kappa shape index (κ3) is 3.70. The zero-order valence-corrected chi connectivity index (χ0v) is 9.52. The Kier molecular flexibility index (Phi) is 4.14. The maximum absolute atomic E-state index is 13.9. The van der Waals surface area contributed by atoms with Gasteiger partial charge in [-0.25, -0.2) is 4.39 Å². The van der Waals surface area contributed by atoms with Crippen molar-refractivity contribution in [1.82, 2.24) is 0 Å². The third-order valence-electron chi connectivity index (χ3n) is 2.80. The Balaban J connectivity index is 2.82. The fourth-order valence-corrected chi connectivity index (χ4v) is 1.52. The summed E-state index contributed by atoms with van der Waals surface area (Å²) in [5.41, 5.74) is 3.56. The van der Waals surface area contributed by atoms with Gasteiger partial charge in [-0.15, -0.1) is 0 Å². The van der Waals surface area contributed by atoms with E-state index in [0.29, 0.717) is 5.56 Å². The molecule has 17 heavy (non-hydrogen) atoms. The molecule has 0 bridgehead atoms. The molecule has 1 nitrogen and oxygen atoms in total. The van der Waals surface area contributed by atoms with Crippen LogP contribution < -0.4 is 5.73 Å².